The van der Waals surface area contributed by atoms with Crippen LogP contribution in [0, 0.1) is 23.1 Å². The summed E-state index contributed by atoms with van der Waals surface area (Å²) >= 11 is 0. The van der Waals surface area contributed by atoms with E-state index in [0.29, 0.717) is 30.0 Å². The van der Waals surface area contributed by atoms with Gasteiger partial charge in [0.05, 0.1) is 11.6 Å². The van der Waals surface area contributed by atoms with Crippen molar-refractivity contribution in [3.8, 4) is 6.07 Å². The van der Waals surface area contributed by atoms with Gasteiger partial charge in [-0.25, -0.2) is 4.39 Å². The lowest BCUT2D eigenvalue weighted by molar-refractivity contribution is -0.130. The molecular formula is C16H22FN3O. The zero-order chi connectivity index (χ0) is 15.8. The van der Waals surface area contributed by atoms with E-state index in [2.05, 4.69) is 6.92 Å². The van der Waals surface area contributed by atoms with Crippen LogP contribution in [-0.2, 0) is 11.3 Å². The van der Waals surface area contributed by atoms with Crippen molar-refractivity contribution in [2.75, 3.05) is 13.6 Å². The monoisotopic (exact) mass is 291 g/mol. The Morgan fingerprint density at radius 3 is 2.81 bits per heavy atom. The Morgan fingerprint density at radius 1 is 1.48 bits per heavy atom. The molecule has 0 fully saturated rings. The average Bonchev–Trinajstić information content (AvgIpc) is 2.47. The second-order valence-corrected chi connectivity index (χ2v) is 5.39. The van der Waals surface area contributed by atoms with Gasteiger partial charge in [0.25, 0.3) is 0 Å². The normalized spacial score (nSPS) is 11.8. The van der Waals surface area contributed by atoms with Crippen molar-refractivity contribution in [2.45, 2.75) is 32.7 Å². The number of hydrogen-bond acceptors (Lipinski definition) is 3. The predicted octanol–water partition coefficient (Wildman–Crippen LogP) is 2.42. The number of nitrogens with two attached hydrogens (primary N) is 1. The summed E-state index contributed by atoms with van der Waals surface area (Å²) in [6.45, 7) is 2.86. The van der Waals surface area contributed by atoms with E-state index >= 15 is 0 Å². The van der Waals surface area contributed by atoms with E-state index in [1.165, 1.54) is 23.1 Å². The van der Waals surface area contributed by atoms with Crippen molar-refractivity contribution >= 4 is 5.91 Å². The summed E-state index contributed by atoms with van der Waals surface area (Å²) in [5, 5.41) is 8.83. The van der Waals surface area contributed by atoms with Crippen molar-refractivity contribution in [2.24, 2.45) is 11.7 Å². The molecule has 1 atom stereocenters. The van der Waals surface area contributed by atoms with E-state index < -0.39 is 5.82 Å². The molecule has 4 nitrogen and oxygen atoms in total. The van der Waals surface area contributed by atoms with Crippen LogP contribution in [0.4, 0.5) is 4.39 Å². The molecule has 0 bridgehead atoms. The number of halogens is 1. The maximum absolute atomic E-state index is 13.7. The molecule has 0 aliphatic carbocycles. The SMILES string of the molecule is CC(CCN)CCC(=O)N(C)Cc1cc(C#N)ccc1F. The summed E-state index contributed by atoms with van der Waals surface area (Å²) in [4.78, 5) is 13.5. The molecule has 2 N–H and O–H groups in total. The van der Waals surface area contributed by atoms with Crippen LogP contribution < -0.4 is 5.73 Å². The Hall–Kier alpha value is -1.93. The quantitative estimate of drug-likeness (QED) is 0.838. The highest BCUT2D eigenvalue weighted by Gasteiger charge is 2.13. The van der Waals surface area contributed by atoms with Crippen molar-refractivity contribution in [3.63, 3.8) is 0 Å². The topological polar surface area (TPSA) is 70.1 Å². The maximum Gasteiger partial charge on any atom is 0.222 e. The Balaban J connectivity index is 2.58. The van der Waals surface area contributed by atoms with Gasteiger partial charge in [0.1, 0.15) is 5.82 Å². The Kier molecular flexibility index (Phi) is 6.83. The van der Waals surface area contributed by atoms with Crippen LogP contribution in [0.3, 0.4) is 0 Å². The molecule has 114 valence electrons. The van der Waals surface area contributed by atoms with Crippen LogP contribution in [0.5, 0.6) is 0 Å². The molecule has 0 aliphatic rings. The number of amides is 1. The first-order valence-electron chi connectivity index (χ1n) is 7.10. The average molecular weight is 291 g/mol. The van der Waals surface area contributed by atoms with E-state index in [-0.39, 0.29) is 12.5 Å². The molecule has 1 amide bonds. The highest BCUT2D eigenvalue weighted by molar-refractivity contribution is 5.75. The third kappa shape index (κ3) is 5.52. The molecule has 1 rings (SSSR count). The van der Waals surface area contributed by atoms with Crippen molar-refractivity contribution in [1.82, 2.24) is 4.90 Å². The van der Waals surface area contributed by atoms with Gasteiger partial charge in [0.15, 0.2) is 0 Å². The van der Waals surface area contributed by atoms with Crippen LogP contribution in [0.15, 0.2) is 18.2 Å². The second kappa shape index (κ2) is 8.38. The highest BCUT2D eigenvalue weighted by atomic mass is 19.1. The molecule has 0 aromatic heterocycles. The molecule has 0 spiro atoms. The van der Waals surface area contributed by atoms with E-state index in [0.717, 1.165) is 12.8 Å². The molecule has 0 saturated carbocycles. The number of benzene rings is 1. The fourth-order valence-electron chi connectivity index (χ4n) is 2.10. The summed E-state index contributed by atoms with van der Waals surface area (Å²) in [6.07, 6.45) is 2.11. The predicted molar refractivity (Wildman–Crippen MR) is 79.7 cm³/mol. The molecule has 1 aromatic carbocycles. The van der Waals surface area contributed by atoms with Gasteiger partial charge in [-0.3, -0.25) is 4.79 Å². The van der Waals surface area contributed by atoms with E-state index in [9.17, 15) is 9.18 Å². The number of hydrogen-bond donors (Lipinski definition) is 1. The maximum atomic E-state index is 13.7. The van der Waals surface area contributed by atoms with Crippen molar-refractivity contribution < 1.29 is 9.18 Å². The van der Waals surface area contributed by atoms with Crippen LogP contribution >= 0.6 is 0 Å². The molecule has 0 heterocycles. The van der Waals surface area contributed by atoms with E-state index in [4.69, 9.17) is 11.0 Å². The summed E-state index contributed by atoms with van der Waals surface area (Å²) in [5.41, 5.74) is 6.23. The Labute approximate surface area is 125 Å². The largest absolute Gasteiger partial charge is 0.341 e. The molecule has 5 heteroatoms. The van der Waals surface area contributed by atoms with Crippen molar-refractivity contribution in [3.05, 3.63) is 35.1 Å². The molecule has 0 radical (unpaired) electrons. The van der Waals surface area contributed by atoms with Gasteiger partial charge in [0, 0.05) is 25.6 Å². The minimum atomic E-state index is -0.398. The number of nitrogens with zero attached hydrogens (tertiary/aromatic N) is 2. The van der Waals surface area contributed by atoms with Crippen LogP contribution in [0.1, 0.15) is 37.3 Å². The van der Waals surface area contributed by atoms with E-state index in [1.54, 1.807) is 7.05 Å². The highest BCUT2D eigenvalue weighted by Crippen LogP contribution is 2.14. The minimum Gasteiger partial charge on any atom is -0.341 e. The number of rotatable bonds is 7. The zero-order valence-electron chi connectivity index (χ0n) is 12.6. The molecule has 0 saturated heterocycles. The van der Waals surface area contributed by atoms with Gasteiger partial charge < -0.3 is 10.6 Å². The molecular weight excluding hydrogens is 269 g/mol. The first-order chi connectivity index (χ1) is 9.97. The van der Waals surface area contributed by atoms with Gasteiger partial charge in [-0.15, -0.1) is 0 Å². The first-order valence-corrected chi connectivity index (χ1v) is 7.10. The third-order valence-electron chi connectivity index (χ3n) is 3.52. The van der Waals surface area contributed by atoms with Gasteiger partial charge in [-0.1, -0.05) is 6.92 Å². The fourth-order valence-corrected chi connectivity index (χ4v) is 2.10. The second-order valence-electron chi connectivity index (χ2n) is 5.39. The Morgan fingerprint density at radius 2 is 2.19 bits per heavy atom. The van der Waals surface area contributed by atoms with Gasteiger partial charge in [0.2, 0.25) is 5.91 Å². The van der Waals surface area contributed by atoms with Crippen LogP contribution in [-0.4, -0.2) is 24.4 Å². The molecule has 21 heavy (non-hydrogen) atoms. The summed E-state index contributed by atoms with van der Waals surface area (Å²) < 4.78 is 13.7. The molecule has 1 unspecified atom stereocenters. The zero-order valence-corrected chi connectivity index (χ0v) is 12.6. The smallest absolute Gasteiger partial charge is 0.222 e. The third-order valence-corrected chi connectivity index (χ3v) is 3.52. The standard InChI is InChI=1S/C16H22FN3O/c1-12(7-8-18)3-6-16(21)20(2)11-14-9-13(10-19)4-5-15(14)17/h4-5,9,12H,3,6-8,11,18H2,1-2H3. The molecule has 1 aromatic rings. The van der Waals surface area contributed by atoms with Gasteiger partial charge in [-0.2, -0.15) is 5.26 Å². The lowest BCUT2D eigenvalue weighted by Gasteiger charge is -2.19. The van der Waals surface area contributed by atoms with Crippen LogP contribution in [0.2, 0.25) is 0 Å². The van der Waals surface area contributed by atoms with Crippen molar-refractivity contribution in [1.29, 1.82) is 5.26 Å². The summed E-state index contributed by atoms with van der Waals surface area (Å²) in [6, 6.07) is 6.14. The number of carbonyl (C=O) groups excluding carboxylic acids is 1. The lowest BCUT2D eigenvalue weighted by Crippen LogP contribution is -2.27. The molecule has 0 aliphatic heterocycles. The number of nitriles is 1. The summed E-state index contributed by atoms with van der Waals surface area (Å²) in [5.74, 6) is -0.0169. The van der Waals surface area contributed by atoms with Gasteiger partial charge >= 0.3 is 0 Å². The fraction of sp³-hybridized carbons (Fsp3) is 0.500. The number of carbonyl (C=O) groups is 1. The lowest BCUT2D eigenvalue weighted by atomic mass is 10.0. The first kappa shape index (κ1) is 17.1. The summed E-state index contributed by atoms with van der Waals surface area (Å²) in [7, 11) is 1.65. The van der Waals surface area contributed by atoms with Gasteiger partial charge in [-0.05, 0) is 43.5 Å². The minimum absolute atomic E-state index is 0.0272. The van der Waals surface area contributed by atoms with E-state index in [1.807, 2.05) is 6.07 Å². The Bertz CT molecular complexity index is 525. The van der Waals surface area contributed by atoms with Crippen LogP contribution in [0.25, 0.3) is 0 Å².